The fraction of sp³-hybridized carbons (Fsp3) is 0.286. The van der Waals surface area contributed by atoms with Gasteiger partial charge in [0, 0.05) is 11.0 Å². The number of amides is 1. The molecule has 0 radical (unpaired) electrons. The average Bonchev–Trinajstić information content (AvgIpc) is 2.80. The Morgan fingerprint density at radius 2 is 2.20 bits per heavy atom. The SMILES string of the molecule is CCCc1[nH]nc(C(=O)NCc2ccccc2Br)c1N. The number of rotatable bonds is 5. The number of aryl methyl sites for hydroxylation is 1. The first-order valence-electron chi connectivity index (χ1n) is 6.47. The average molecular weight is 337 g/mol. The maximum absolute atomic E-state index is 12.1. The summed E-state index contributed by atoms with van der Waals surface area (Å²) in [5, 5.41) is 9.64. The van der Waals surface area contributed by atoms with Crippen LogP contribution in [0.15, 0.2) is 28.7 Å². The van der Waals surface area contributed by atoms with Gasteiger partial charge in [-0.2, -0.15) is 5.10 Å². The molecule has 2 rings (SSSR count). The Balaban J connectivity index is 2.04. The number of anilines is 1. The van der Waals surface area contributed by atoms with Gasteiger partial charge in [-0.25, -0.2) is 0 Å². The number of nitrogens with zero attached hydrogens (tertiary/aromatic N) is 1. The molecule has 0 unspecified atom stereocenters. The van der Waals surface area contributed by atoms with Crippen molar-refractivity contribution in [3.63, 3.8) is 0 Å². The molecule has 1 aromatic heterocycles. The molecule has 4 N–H and O–H groups in total. The Morgan fingerprint density at radius 3 is 2.90 bits per heavy atom. The number of hydrogen-bond acceptors (Lipinski definition) is 3. The number of nitrogens with two attached hydrogens (primary N) is 1. The van der Waals surface area contributed by atoms with E-state index in [0.29, 0.717) is 12.2 Å². The zero-order valence-electron chi connectivity index (χ0n) is 11.2. The molecule has 1 heterocycles. The second-order valence-corrected chi connectivity index (χ2v) is 5.34. The van der Waals surface area contributed by atoms with E-state index < -0.39 is 0 Å². The van der Waals surface area contributed by atoms with Crippen molar-refractivity contribution >= 4 is 27.5 Å². The number of halogens is 1. The topological polar surface area (TPSA) is 83.8 Å². The molecule has 5 nitrogen and oxygen atoms in total. The lowest BCUT2D eigenvalue weighted by Crippen LogP contribution is -2.24. The minimum Gasteiger partial charge on any atom is -0.395 e. The van der Waals surface area contributed by atoms with Crippen LogP contribution in [0.25, 0.3) is 0 Å². The first kappa shape index (κ1) is 14.6. The normalized spacial score (nSPS) is 10.5. The van der Waals surface area contributed by atoms with Crippen LogP contribution in [0.1, 0.15) is 35.1 Å². The van der Waals surface area contributed by atoms with Crippen molar-refractivity contribution in [2.75, 3.05) is 5.73 Å². The van der Waals surface area contributed by atoms with Crippen molar-refractivity contribution in [1.82, 2.24) is 15.5 Å². The molecule has 0 aliphatic rings. The van der Waals surface area contributed by atoms with Crippen LogP contribution in [-0.2, 0) is 13.0 Å². The highest BCUT2D eigenvalue weighted by molar-refractivity contribution is 9.10. The highest BCUT2D eigenvalue weighted by atomic mass is 79.9. The lowest BCUT2D eigenvalue weighted by atomic mass is 10.2. The van der Waals surface area contributed by atoms with E-state index in [1.165, 1.54) is 0 Å². The number of hydrogen-bond donors (Lipinski definition) is 3. The molecule has 0 saturated carbocycles. The standard InChI is InChI=1S/C14H17BrN4O/c1-2-5-11-12(16)13(19-18-11)14(20)17-8-9-6-3-4-7-10(9)15/h3-4,6-7H,2,5,8,16H2,1H3,(H,17,20)(H,18,19). The first-order valence-corrected chi connectivity index (χ1v) is 7.27. The fourth-order valence-electron chi connectivity index (χ4n) is 1.90. The highest BCUT2D eigenvalue weighted by Gasteiger charge is 2.16. The summed E-state index contributed by atoms with van der Waals surface area (Å²) in [6.45, 7) is 2.47. The molecule has 0 spiro atoms. The monoisotopic (exact) mass is 336 g/mol. The molecule has 20 heavy (non-hydrogen) atoms. The number of nitrogens with one attached hydrogen (secondary N) is 2. The molecular formula is C14H17BrN4O. The Kier molecular flexibility index (Phi) is 4.79. The largest absolute Gasteiger partial charge is 0.395 e. The van der Waals surface area contributed by atoms with Gasteiger partial charge in [-0.05, 0) is 18.1 Å². The maximum atomic E-state index is 12.1. The summed E-state index contributed by atoms with van der Waals surface area (Å²) >= 11 is 3.44. The van der Waals surface area contributed by atoms with Gasteiger partial charge in [0.05, 0.1) is 11.4 Å². The van der Waals surface area contributed by atoms with E-state index in [1.807, 2.05) is 31.2 Å². The lowest BCUT2D eigenvalue weighted by molar-refractivity contribution is 0.0946. The molecule has 2 aromatic rings. The minimum atomic E-state index is -0.267. The molecule has 0 aliphatic heterocycles. The van der Waals surface area contributed by atoms with E-state index in [9.17, 15) is 4.79 Å². The van der Waals surface area contributed by atoms with Crippen LogP contribution in [0.2, 0.25) is 0 Å². The van der Waals surface area contributed by atoms with Crippen LogP contribution in [0.4, 0.5) is 5.69 Å². The van der Waals surface area contributed by atoms with Crippen molar-refractivity contribution in [2.24, 2.45) is 0 Å². The molecule has 0 bridgehead atoms. The van der Waals surface area contributed by atoms with Gasteiger partial charge in [0.25, 0.3) is 5.91 Å². The van der Waals surface area contributed by atoms with Crippen molar-refractivity contribution in [3.8, 4) is 0 Å². The number of aromatic nitrogens is 2. The number of benzene rings is 1. The number of carbonyl (C=O) groups is 1. The first-order chi connectivity index (χ1) is 9.63. The van der Waals surface area contributed by atoms with Crippen molar-refractivity contribution in [1.29, 1.82) is 0 Å². The fourth-order valence-corrected chi connectivity index (χ4v) is 2.33. The van der Waals surface area contributed by atoms with E-state index >= 15 is 0 Å². The predicted molar refractivity (Wildman–Crippen MR) is 82.3 cm³/mol. The summed E-state index contributed by atoms with van der Waals surface area (Å²) in [7, 11) is 0. The van der Waals surface area contributed by atoms with Crippen LogP contribution in [-0.4, -0.2) is 16.1 Å². The number of H-pyrrole nitrogens is 1. The Bertz CT molecular complexity index is 609. The van der Waals surface area contributed by atoms with Crippen molar-refractivity contribution in [2.45, 2.75) is 26.3 Å². The third kappa shape index (κ3) is 3.19. The lowest BCUT2D eigenvalue weighted by Gasteiger charge is -2.06. The molecule has 0 saturated heterocycles. The summed E-state index contributed by atoms with van der Waals surface area (Å²) in [6.07, 6.45) is 1.74. The summed E-state index contributed by atoms with van der Waals surface area (Å²) in [4.78, 5) is 12.1. The van der Waals surface area contributed by atoms with E-state index in [0.717, 1.165) is 28.6 Å². The summed E-state index contributed by atoms with van der Waals surface area (Å²) in [6, 6.07) is 7.73. The Labute approximate surface area is 126 Å². The smallest absolute Gasteiger partial charge is 0.274 e. The molecular weight excluding hydrogens is 320 g/mol. The minimum absolute atomic E-state index is 0.264. The predicted octanol–water partition coefficient (Wildman–Crippen LogP) is 2.64. The van der Waals surface area contributed by atoms with Crippen LogP contribution in [0.3, 0.4) is 0 Å². The van der Waals surface area contributed by atoms with Gasteiger partial charge in [0.1, 0.15) is 0 Å². The third-order valence-electron chi connectivity index (χ3n) is 3.00. The van der Waals surface area contributed by atoms with Gasteiger partial charge >= 0.3 is 0 Å². The molecule has 0 aliphatic carbocycles. The number of nitrogen functional groups attached to an aromatic ring is 1. The van der Waals surface area contributed by atoms with Gasteiger partial charge < -0.3 is 11.1 Å². The van der Waals surface area contributed by atoms with Crippen LogP contribution < -0.4 is 11.1 Å². The maximum Gasteiger partial charge on any atom is 0.274 e. The zero-order chi connectivity index (χ0) is 14.5. The highest BCUT2D eigenvalue weighted by Crippen LogP contribution is 2.17. The van der Waals surface area contributed by atoms with Gasteiger partial charge in [0.15, 0.2) is 5.69 Å². The van der Waals surface area contributed by atoms with Gasteiger partial charge in [-0.1, -0.05) is 47.5 Å². The molecule has 1 aromatic carbocycles. The Morgan fingerprint density at radius 1 is 1.45 bits per heavy atom. The molecule has 1 amide bonds. The molecule has 106 valence electrons. The van der Waals surface area contributed by atoms with E-state index in [2.05, 4.69) is 31.4 Å². The zero-order valence-corrected chi connectivity index (χ0v) is 12.8. The number of carbonyl (C=O) groups excluding carboxylic acids is 1. The van der Waals surface area contributed by atoms with Crippen LogP contribution >= 0.6 is 15.9 Å². The Hall–Kier alpha value is -1.82. The van der Waals surface area contributed by atoms with Crippen molar-refractivity contribution in [3.05, 3.63) is 45.7 Å². The molecule has 6 heteroatoms. The second-order valence-electron chi connectivity index (χ2n) is 4.49. The quantitative estimate of drug-likeness (QED) is 0.784. The van der Waals surface area contributed by atoms with Crippen molar-refractivity contribution < 1.29 is 4.79 Å². The van der Waals surface area contributed by atoms with Crippen LogP contribution in [0, 0.1) is 0 Å². The number of aromatic amines is 1. The van der Waals surface area contributed by atoms with E-state index in [-0.39, 0.29) is 11.6 Å². The van der Waals surface area contributed by atoms with Crippen LogP contribution in [0.5, 0.6) is 0 Å². The second kappa shape index (κ2) is 6.56. The summed E-state index contributed by atoms with van der Waals surface area (Å²) in [5.41, 5.74) is 8.45. The third-order valence-corrected chi connectivity index (χ3v) is 3.77. The van der Waals surface area contributed by atoms with Gasteiger partial charge in [0.2, 0.25) is 0 Å². The van der Waals surface area contributed by atoms with E-state index in [4.69, 9.17) is 5.73 Å². The van der Waals surface area contributed by atoms with E-state index in [1.54, 1.807) is 0 Å². The summed E-state index contributed by atoms with van der Waals surface area (Å²) in [5.74, 6) is -0.267. The molecule has 0 atom stereocenters. The van der Waals surface area contributed by atoms with Gasteiger partial charge in [-0.15, -0.1) is 0 Å². The van der Waals surface area contributed by atoms with Gasteiger partial charge in [-0.3, -0.25) is 9.89 Å². The molecule has 0 fully saturated rings. The summed E-state index contributed by atoms with van der Waals surface area (Å²) < 4.78 is 0.960.